The Morgan fingerprint density at radius 2 is 2.08 bits per heavy atom. The van der Waals surface area contributed by atoms with Crippen LogP contribution in [0.3, 0.4) is 0 Å². The number of carbonyl (C=O) groups excluding carboxylic acids is 1. The van der Waals surface area contributed by atoms with E-state index in [9.17, 15) is 9.59 Å². The van der Waals surface area contributed by atoms with Crippen molar-refractivity contribution in [3.05, 3.63) is 30.4 Å². The third-order valence-electron chi connectivity index (χ3n) is 4.62. The van der Waals surface area contributed by atoms with Gasteiger partial charge in [-0.1, -0.05) is 5.16 Å². The van der Waals surface area contributed by atoms with Crippen LogP contribution in [0.2, 0.25) is 0 Å². The highest BCUT2D eigenvalue weighted by Crippen LogP contribution is 2.24. The van der Waals surface area contributed by atoms with Gasteiger partial charge in [-0.3, -0.25) is 14.6 Å². The lowest BCUT2D eigenvalue weighted by Gasteiger charge is -2.26. The van der Waals surface area contributed by atoms with E-state index in [0.717, 1.165) is 18.4 Å². The Bertz CT molecular complexity index is 739. The zero-order chi connectivity index (χ0) is 18.4. The molecule has 0 spiro atoms. The van der Waals surface area contributed by atoms with Crippen LogP contribution in [0.5, 0.6) is 0 Å². The van der Waals surface area contributed by atoms with E-state index < -0.39 is 5.97 Å². The summed E-state index contributed by atoms with van der Waals surface area (Å²) in [7, 11) is 0. The van der Waals surface area contributed by atoms with Crippen molar-refractivity contribution in [2.24, 2.45) is 5.92 Å². The first-order valence-electron chi connectivity index (χ1n) is 8.87. The van der Waals surface area contributed by atoms with Gasteiger partial charge in [0.05, 0.1) is 5.92 Å². The van der Waals surface area contributed by atoms with Gasteiger partial charge in [0.15, 0.2) is 0 Å². The molecule has 26 heavy (non-hydrogen) atoms. The average molecular weight is 358 g/mol. The molecule has 8 nitrogen and oxygen atoms in total. The van der Waals surface area contributed by atoms with Crippen molar-refractivity contribution in [3.63, 3.8) is 0 Å². The third-order valence-corrected chi connectivity index (χ3v) is 4.62. The smallest absolute Gasteiger partial charge is 0.306 e. The number of rotatable bonds is 7. The van der Waals surface area contributed by atoms with Crippen molar-refractivity contribution in [1.29, 1.82) is 0 Å². The molecule has 1 aliphatic rings. The van der Waals surface area contributed by atoms with Gasteiger partial charge in [0.2, 0.25) is 17.6 Å². The SMILES string of the molecule is O=C(CCCc1nc(-c2cccnc2)no1)NC1CCC(C(=O)O)CC1. The minimum absolute atomic E-state index is 0.0178. The van der Waals surface area contributed by atoms with Crippen molar-refractivity contribution in [2.45, 2.75) is 51.0 Å². The molecule has 0 atom stereocenters. The van der Waals surface area contributed by atoms with Gasteiger partial charge in [0.25, 0.3) is 0 Å². The maximum atomic E-state index is 12.0. The topological polar surface area (TPSA) is 118 Å². The number of nitrogens with one attached hydrogen (secondary N) is 1. The summed E-state index contributed by atoms with van der Waals surface area (Å²) in [6.07, 6.45) is 7.57. The van der Waals surface area contributed by atoms with E-state index in [2.05, 4.69) is 20.4 Å². The van der Waals surface area contributed by atoms with Crippen molar-refractivity contribution >= 4 is 11.9 Å². The number of hydrogen-bond donors (Lipinski definition) is 2. The number of pyridine rings is 1. The summed E-state index contributed by atoms with van der Waals surface area (Å²) < 4.78 is 5.21. The minimum atomic E-state index is -0.736. The van der Waals surface area contributed by atoms with Crippen molar-refractivity contribution < 1.29 is 19.2 Å². The van der Waals surface area contributed by atoms with Gasteiger partial charge in [-0.05, 0) is 44.2 Å². The Labute approximate surface area is 151 Å². The third kappa shape index (κ3) is 4.87. The first kappa shape index (κ1) is 18.0. The molecule has 0 bridgehead atoms. The monoisotopic (exact) mass is 358 g/mol. The van der Waals surface area contributed by atoms with Gasteiger partial charge in [0.1, 0.15) is 0 Å². The number of aromatic nitrogens is 3. The Balaban J connectivity index is 1.38. The van der Waals surface area contributed by atoms with Gasteiger partial charge in [-0.2, -0.15) is 4.98 Å². The maximum Gasteiger partial charge on any atom is 0.306 e. The molecule has 2 aromatic rings. The van der Waals surface area contributed by atoms with Crippen LogP contribution < -0.4 is 5.32 Å². The fourth-order valence-electron chi connectivity index (χ4n) is 3.15. The largest absolute Gasteiger partial charge is 0.481 e. The van der Waals surface area contributed by atoms with Crippen LogP contribution in [0.1, 0.15) is 44.4 Å². The predicted molar refractivity (Wildman–Crippen MR) is 92.0 cm³/mol. The summed E-state index contributed by atoms with van der Waals surface area (Å²) in [5.41, 5.74) is 0.789. The van der Waals surface area contributed by atoms with Crippen LogP contribution >= 0.6 is 0 Å². The average Bonchev–Trinajstić information content (AvgIpc) is 3.12. The predicted octanol–water partition coefficient (Wildman–Crippen LogP) is 2.21. The van der Waals surface area contributed by atoms with Crippen LogP contribution in [0.25, 0.3) is 11.4 Å². The van der Waals surface area contributed by atoms with Crippen LogP contribution in [0, 0.1) is 5.92 Å². The zero-order valence-corrected chi connectivity index (χ0v) is 14.4. The molecule has 1 amide bonds. The van der Waals surface area contributed by atoms with E-state index in [1.807, 2.05) is 6.07 Å². The van der Waals surface area contributed by atoms with Crippen LogP contribution in [-0.2, 0) is 16.0 Å². The van der Waals surface area contributed by atoms with E-state index in [1.165, 1.54) is 0 Å². The Hall–Kier alpha value is -2.77. The van der Waals surface area contributed by atoms with E-state index >= 15 is 0 Å². The number of carboxylic acids is 1. The summed E-state index contributed by atoms with van der Waals surface area (Å²) >= 11 is 0. The zero-order valence-electron chi connectivity index (χ0n) is 14.4. The first-order chi connectivity index (χ1) is 12.6. The molecule has 138 valence electrons. The highest BCUT2D eigenvalue weighted by Gasteiger charge is 2.26. The van der Waals surface area contributed by atoms with Gasteiger partial charge in [-0.25, -0.2) is 0 Å². The van der Waals surface area contributed by atoms with Crippen LogP contribution in [0.15, 0.2) is 29.0 Å². The molecule has 3 rings (SSSR count). The summed E-state index contributed by atoms with van der Waals surface area (Å²) in [5, 5.41) is 15.9. The Morgan fingerprint density at radius 1 is 1.27 bits per heavy atom. The molecule has 0 aromatic carbocycles. The lowest BCUT2D eigenvalue weighted by Crippen LogP contribution is -2.38. The number of amides is 1. The summed E-state index contributed by atoms with van der Waals surface area (Å²) in [6, 6.07) is 3.74. The maximum absolute atomic E-state index is 12.0. The molecule has 0 saturated heterocycles. The second-order valence-corrected chi connectivity index (χ2v) is 6.56. The molecule has 2 N–H and O–H groups in total. The molecule has 1 aliphatic carbocycles. The molecular weight excluding hydrogens is 336 g/mol. The highest BCUT2D eigenvalue weighted by atomic mass is 16.5. The summed E-state index contributed by atoms with van der Waals surface area (Å²) in [4.78, 5) is 31.3. The Morgan fingerprint density at radius 3 is 2.77 bits per heavy atom. The van der Waals surface area contributed by atoms with E-state index in [0.29, 0.717) is 43.8 Å². The highest BCUT2D eigenvalue weighted by molar-refractivity contribution is 5.76. The number of hydrogen-bond acceptors (Lipinski definition) is 6. The van der Waals surface area contributed by atoms with Crippen LogP contribution in [0.4, 0.5) is 0 Å². The molecule has 2 aromatic heterocycles. The van der Waals surface area contributed by atoms with Crippen molar-refractivity contribution in [2.75, 3.05) is 0 Å². The van der Waals surface area contributed by atoms with Crippen molar-refractivity contribution in [3.8, 4) is 11.4 Å². The second-order valence-electron chi connectivity index (χ2n) is 6.56. The fraction of sp³-hybridized carbons (Fsp3) is 0.500. The molecule has 8 heteroatoms. The van der Waals surface area contributed by atoms with Gasteiger partial charge in [-0.15, -0.1) is 0 Å². The van der Waals surface area contributed by atoms with E-state index in [1.54, 1.807) is 18.5 Å². The van der Waals surface area contributed by atoms with Gasteiger partial charge >= 0.3 is 5.97 Å². The number of carboxylic acid groups (broad SMARTS) is 1. The molecule has 1 saturated carbocycles. The summed E-state index contributed by atoms with van der Waals surface area (Å²) in [5.74, 6) is -0.0307. The van der Waals surface area contributed by atoms with Crippen molar-refractivity contribution in [1.82, 2.24) is 20.4 Å². The lowest BCUT2D eigenvalue weighted by atomic mass is 9.86. The Kier molecular flexibility index (Phi) is 5.93. The number of nitrogens with zero attached hydrogens (tertiary/aromatic N) is 3. The normalized spacial score (nSPS) is 19.8. The molecule has 0 unspecified atom stereocenters. The van der Waals surface area contributed by atoms with Gasteiger partial charge in [0, 0.05) is 36.8 Å². The summed E-state index contributed by atoms with van der Waals surface area (Å²) in [6.45, 7) is 0. The minimum Gasteiger partial charge on any atom is -0.481 e. The van der Waals surface area contributed by atoms with Gasteiger partial charge < -0.3 is 14.9 Å². The van der Waals surface area contributed by atoms with E-state index in [-0.39, 0.29) is 17.9 Å². The molecule has 0 aliphatic heterocycles. The fourth-order valence-corrected chi connectivity index (χ4v) is 3.15. The molecule has 0 radical (unpaired) electrons. The number of aliphatic carboxylic acids is 1. The van der Waals surface area contributed by atoms with E-state index in [4.69, 9.17) is 9.63 Å². The number of carbonyl (C=O) groups is 2. The quantitative estimate of drug-likeness (QED) is 0.779. The molecule has 1 fully saturated rings. The second kappa shape index (κ2) is 8.55. The standard InChI is InChI=1S/C18H22N4O4/c23-15(20-14-8-6-12(7-9-14)18(24)25)4-1-5-16-21-17(22-26-16)13-3-2-10-19-11-13/h2-3,10-12,14H,1,4-9H2,(H,20,23)(H,24,25). The lowest BCUT2D eigenvalue weighted by molar-refractivity contribution is -0.142. The van der Waals surface area contributed by atoms with Crippen LogP contribution in [-0.4, -0.2) is 38.1 Å². The molecule has 2 heterocycles. The number of aryl methyl sites for hydroxylation is 1. The molecular formula is C18H22N4O4. The first-order valence-corrected chi connectivity index (χ1v) is 8.87.